The quantitative estimate of drug-likeness (QED) is 0.121. The average molecular weight is 1040 g/mol. The summed E-state index contributed by atoms with van der Waals surface area (Å²) in [6.45, 7) is 4.19. The van der Waals surface area contributed by atoms with Crippen LogP contribution in [-0.4, -0.2) is 0 Å². The second kappa shape index (κ2) is 19.8. The maximum atomic E-state index is 15.0. The van der Waals surface area contributed by atoms with Crippen molar-refractivity contribution in [3.8, 4) is 0 Å². The molecule has 0 bridgehead atoms. The van der Waals surface area contributed by atoms with Crippen molar-refractivity contribution in [1.29, 1.82) is 0 Å². The Morgan fingerprint density at radius 3 is 0.875 bits per heavy atom. The van der Waals surface area contributed by atoms with Crippen LogP contribution in [0.4, 0.5) is 77.0 Å². The third-order valence-corrected chi connectivity index (χ3v) is 15.0. The van der Waals surface area contributed by atoms with Crippen molar-refractivity contribution >= 4 is 123 Å². The van der Waals surface area contributed by atoms with Crippen molar-refractivity contribution < 1.29 is 17.6 Å². The molecule has 0 radical (unpaired) electrons. The molecule has 14 rings (SSSR count). The Bertz CT molecular complexity index is 4260. The monoisotopic (exact) mass is 1040 g/mol. The molecular weight excluding hydrogens is 991 g/mol. The van der Waals surface area contributed by atoms with Gasteiger partial charge in [-0.1, -0.05) is 108 Å². The molecule has 80 heavy (non-hydrogen) atoms. The molecule has 0 aliphatic rings. The summed E-state index contributed by atoms with van der Waals surface area (Å²) in [4.78, 5) is 8.76. The van der Waals surface area contributed by atoms with Gasteiger partial charge >= 0.3 is 0 Å². The van der Waals surface area contributed by atoms with Gasteiger partial charge < -0.3 is 28.4 Å². The van der Waals surface area contributed by atoms with Gasteiger partial charge in [-0.3, -0.25) is 0 Å². The normalized spacial score (nSPS) is 11.5. The van der Waals surface area contributed by atoms with Gasteiger partial charge in [0.25, 0.3) is 0 Å². The van der Waals surface area contributed by atoms with Gasteiger partial charge in [-0.05, 0) is 182 Å². The third-order valence-electron chi connectivity index (χ3n) is 15.0. The van der Waals surface area contributed by atoms with E-state index in [1.807, 2.05) is 48.5 Å². The predicted molar refractivity (Wildman–Crippen MR) is 327 cm³/mol. The van der Waals surface area contributed by atoms with E-state index >= 15 is 0 Å². The Kier molecular flexibility index (Phi) is 11.9. The van der Waals surface area contributed by atoms with Crippen molar-refractivity contribution in [3.05, 3.63) is 290 Å². The van der Waals surface area contributed by atoms with E-state index in [1.54, 1.807) is 24.3 Å². The van der Waals surface area contributed by atoms with E-state index in [1.165, 1.54) is 35.4 Å². The molecule has 0 saturated carbocycles. The van der Waals surface area contributed by atoms with Crippen LogP contribution < -0.4 is 19.6 Å². The number of para-hydroxylation sites is 4. The highest BCUT2D eigenvalue weighted by Crippen LogP contribution is 2.53. The zero-order valence-electron chi connectivity index (χ0n) is 43.8. The molecule has 2 heterocycles. The van der Waals surface area contributed by atoms with Gasteiger partial charge in [0.1, 0.15) is 22.8 Å². The van der Waals surface area contributed by atoms with Crippen LogP contribution in [0.2, 0.25) is 0 Å². The van der Waals surface area contributed by atoms with Gasteiger partial charge in [-0.2, -0.15) is 0 Å². The number of rotatable bonds is 12. The Morgan fingerprint density at radius 1 is 0.263 bits per heavy atom. The van der Waals surface area contributed by atoms with Crippen LogP contribution in [0.1, 0.15) is 11.1 Å². The number of hydrogen-bond donors (Lipinski definition) is 0. The molecular formula is C72H50F2N4O2. The van der Waals surface area contributed by atoms with Crippen LogP contribution in [0.5, 0.6) is 0 Å². The lowest BCUT2D eigenvalue weighted by atomic mass is 9.96. The highest BCUT2D eigenvalue weighted by molar-refractivity contribution is 6.32. The fourth-order valence-corrected chi connectivity index (χ4v) is 11.3. The van der Waals surface area contributed by atoms with Crippen molar-refractivity contribution in [2.75, 3.05) is 19.6 Å². The Morgan fingerprint density at radius 2 is 0.537 bits per heavy atom. The SMILES string of the molecule is Cc1ccc(N(c2ccccc2)c2ccc3c(c2)oc2c(N(c4ccccc4)c4ccc(F)cc4)cc4c(cc(N(c5ccccc5)c5ccc(F)cc5)c5oc6cc(N(c7ccccc7)c7ccc(C)cc7)ccc6c54)c23)cc1. The molecule has 6 nitrogen and oxygen atoms in total. The van der Waals surface area contributed by atoms with Gasteiger partial charge in [0.05, 0.1) is 11.4 Å². The zero-order valence-corrected chi connectivity index (χ0v) is 43.8. The summed E-state index contributed by atoms with van der Waals surface area (Å²) in [7, 11) is 0. The molecule has 14 aromatic rings. The van der Waals surface area contributed by atoms with Crippen LogP contribution in [-0.2, 0) is 0 Å². The topological polar surface area (TPSA) is 39.2 Å². The zero-order chi connectivity index (χ0) is 53.8. The first-order valence-electron chi connectivity index (χ1n) is 26.7. The van der Waals surface area contributed by atoms with Crippen molar-refractivity contribution in [3.63, 3.8) is 0 Å². The number of hydrogen-bond acceptors (Lipinski definition) is 6. The molecule has 0 spiro atoms. The summed E-state index contributed by atoms with van der Waals surface area (Å²) in [5, 5.41) is 5.35. The van der Waals surface area contributed by atoms with Gasteiger partial charge in [0.2, 0.25) is 0 Å². The van der Waals surface area contributed by atoms with Crippen LogP contribution in [0, 0.1) is 25.5 Å². The van der Waals surface area contributed by atoms with Gasteiger partial charge in [0, 0.05) is 90.6 Å². The number of anilines is 12. The largest absolute Gasteiger partial charge is 0.454 e. The van der Waals surface area contributed by atoms with Crippen molar-refractivity contribution in [2.24, 2.45) is 0 Å². The van der Waals surface area contributed by atoms with E-state index in [-0.39, 0.29) is 11.6 Å². The molecule has 0 N–H and O–H groups in total. The summed E-state index contributed by atoms with van der Waals surface area (Å²) >= 11 is 0. The molecule has 0 saturated heterocycles. The predicted octanol–water partition coefficient (Wildman–Crippen LogP) is 21.4. The molecule has 8 heteroatoms. The van der Waals surface area contributed by atoms with Crippen LogP contribution in [0.15, 0.2) is 276 Å². The number of aryl methyl sites for hydroxylation is 2. The standard InChI is InChI=1S/C72H50F2N4O2/c1-47-23-31-55(32-24-47)75(51-15-7-3-8-16-51)59-39-41-61-67(43-59)79-71-65(77(53-19-11-5-12-20-53)57-35-27-49(73)28-36-57)46-64-63(69(61)71)45-66(78(54-21-13-6-14-22-54)58-37-29-50(74)30-38-58)72-70(64)62-42-40-60(44-68(62)80-72)76(52-17-9-4-10-18-52)56-33-25-48(2)26-34-56/h3-46H,1-2H3. The minimum atomic E-state index is -0.339. The minimum Gasteiger partial charge on any atom is -0.454 e. The first kappa shape index (κ1) is 48.0. The first-order chi connectivity index (χ1) is 39.3. The molecule has 0 atom stereocenters. The van der Waals surface area contributed by atoms with E-state index in [9.17, 15) is 8.78 Å². The molecule has 0 aliphatic carbocycles. The number of benzene rings is 12. The Balaban J connectivity index is 1.12. The van der Waals surface area contributed by atoms with E-state index in [0.717, 1.165) is 101 Å². The lowest BCUT2D eigenvalue weighted by Gasteiger charge is -2.27. The number of furan rings is 2. The highest BCUT2D eigenvalue weighted by atomic mass is 19.1. The molecule has 0 aliphatic heterocycles. The van der Waals surface area contributed by atoms with Gasteiger partial charge in [-0.25, -0.2) is 8.78 Å². The average Bonchev–Trinajstić information content (AvgIpc) is 4.25. The molecule has 12 aromatic carbocycles. The summed E-state index contributed by atoms with van der Waals surface area (Å²) in [5.41, 5.74) is 15.5. The number of nitrogens with zero attached hydrogens (tertiary/aromatic N) is 4. The molecule has 2 aromatic heterocycles. The fraction of sp³-hybridized carbons (Fsp3) is 0.0278. The maximum Gasteiger partial charge on any atom is 0.160 e. The molecule has 384 valence electrons. The summed E-state index contributed by atoms with van der Waals surface area (Å²) in [5.74, 6) is -0.678. The smallest absolute Gasteiger partial charge is 0.160 e. The summed E-state index contributed by atoms with van der Waals surface area (Å²) in [6.07, 6.45) is 0. The fourth-order valence-electron chi connectivity index (χ4n) is 11.3. The van der Waals surface area contributed by atoms with Crippen LogP contribution in [0.3, 0.4) is 0 Å². The lowest BCUT2D eigenvalue weighted by Crippen LogP contribution is -2.11. The lowest BCUT2D eigenvalue weighted by molar-refractivity contribution is 0.627. The second-order valence-electron chi connectivity index (χ2n) is 20.2. The van der Waals surface area contributed by atoms with E-state index in [0.29, 0.717) is 22.3 Å². The second-order valence-corrected chi connectivity index (χ2v) is 20.2. The Labute approximate surface area is 461 Å². The Hall–Kier alpha value is -10.4. The van der Waals surface area contributed by atoms with Crippen molar-refractivity contribution in [1.82, 2.24) is 0 Å². The van der Waals surface area contributed by atoms with Crippen molar-refractivity contribution in [2.45, 2.75) is 13.8 Å². The van der Waals surface area contributed by atoms with E-state index in [2.05, 4.69) is 203 Å². The maximum absolute atomic E-state index is 15.0. The summed E-state index contributed by atoms with van der Waals surface area (Å²) < 4.78 is 44.8. The number of fused-ring (bicyclic) bond motifs is 9. The highest BCUT2D eigenvalue weighted by Gasteiger charge is 2.29. The molecule has 0 fully saturated rings. The summed E-state index contributed by atoms with van der Waals surface area (Å²) in [6, 6.07) is 88.5. The minimum absolute atomic E-state index is 0.339. The van der Waals surface area contributed by atoms with Gasteiger partial charge in [0.15, 0.2) is 11.2 Å². The van der Waals surface area contributed by atoms with Gasteiger partial charge in [-0.15, -0.1) is 0 Å². The van der Waals surface area contributed by atoms with E-state index < -0.39 is 0 Å². The number of halogens is 2. The third kappa shape index (κ3) is 8.51. The first-order valence-corrected chi connectivity index (χ1v) is 26.7. The van der Waals surface area contributed by atoms with Crippen LogP contribution in [0.25, 0.3) is 54.6 Å². The molecule has 0 unspecified atom stereocenters. The molecule has 0 amide bonds. The van der Waals surface area contributed by atoms with Crippen LogP contribution >= 0.6 is 0 Å². The van der Waals surface area contributed by atoms with E-state index in [4.69, 9.17) is 8.83 Å².